The topological polar surface area (TPSA) is 35.0 Å². The van der Waals surface area contributed by atoms with Gasteiger partial charge in [-0.2, -0.15) is 0 Å². The first kappa shape index (κ1) is 12.3. The molecule has 0 saturated heterocycles. The van der Waals surface area contributed by atoms with Crippen LogP contribution in [-0.2, 0) is 4.74 Å². The van der Waals surface area contributed by atoms with Crippen LogP contribution in [0.3, 0.4) is 0 Å². The van der Waals surface area contributed by atoms with Crippen molar-refractivity contribution in [3.05, 3.63) is 40.4 Å². The van der Waals surface area contributed by atoms with Crippen molar-refractivity contribution in [3.63, 3.8) is 0 Å². The van der Waals surface area contributed by atoms with Gasteiger partial charge in [0.05, 0.1) is 6.61 Å². The van der Waals surface area contributed by atoms with Crippen LogP contribution in [0.2, 0.25) is 5.15 Å². The fourth-order valence-corrected chi connectivity index (χ4v) is 2.12. The van der Waals surface area contributed by atoms with Gasteiger partial charge < -0.3 is 4.74 Å². The second kappa shape index (κ2) is 5.02. The van der Waals surface area contributed by atoms with E-state index < -0.39 is 0 Å². The molecule has 0 radical (unpaired) electrons. The maximum Gasteiger partial charge on any atom is 0.138 e. The van der Waals surface area contributed by atoms with Crippen LogP contribution in [0, 0.1) is 0 Å². The van der Waals surface area contributed by atoms with E-state index in [2.05, 4.69) is 32.5 Å². The Morgan fingerprint density at radius 1 is 1.41 bits per heavy atom. The van der Waals surface area contributed by atoms with Crippen LogP contribution in [0.1, 0.15) is 12.6 Å². The summed E-state index contributed by atoms with van der Waals surface area (Å²) in [5.74, 6) is 0.535. The lowest BCUT2D eigenvalue weighted by atomic mass is 10.1. The van der Waals surface area contributed by atoms with Crippen LogP contribution in [0.4, 0.5) is 0 Å². The van der Waals surface area contributed by atoms with E-state index in [4.69, 9.17) is 16.3 Å². The normalized spacial score (nSPS) is 10.5. The molecule has 0 aliphatic heterocycles. The smallest absolute Gasteiger partial charge is 0.138 e. The van der Waals surface area contributed by atoms with Crippen molar-refractivity contribution in [3.8, 4) is 0 Å². The minimum atomic E-state index is 0.419. The molecule has 2 aromatic rings. The maximum absolute atomic E-state index is 5.90. The summed E-state index contributed by atoms with van der Waals surface area (Å²) in [5, 5.41) is 2.22. The lowest BCUT2D eigenvalue weighted by molar-refractivity contribution is 0.298. The third-order valence-corrected chi connectivity index (χ3v) is 3.11. The lowest BCUT2D eigenvalue weighted by Crippen LogP contribution is -1.96. The summed E-state index contributed by atoms with van der Waals surface area (Å²) in [6, 6.07) is 1.76. The summed E-state index contributed by atoms with van der Waals surface area (Å²) >= 11 is 9.33. The number of ether oxygens (including phenoxy) is 1. The molecule has 0 unspecified atom stereocenters. The molecule has 0 bridgehead atoms. The predicted octanol–water partition coefficient (Wildman–Crippen LogP) is 4.05. The van der Waals surface area contributed by atoms with Gasteiger partial charge in [-0.3, -0.25) is 4.98 Å². The van der Waals surface area contributed by atoms with Gasteiger partial charge in [0.2, 0.25) is 0 Å². The highest BCUT2D eigenvalue weighted by Crippen LogP contribution is 2.29. The first-order valence-corrected chi connectivity index (χ1v) is 6.22. The molecule has 0 spiro atoms. The average molecular weight is 314 g/mol. The molecule has 0 fully saturated rings. The van der Waals surface area contributed by atoms with Crippen molar-refractivity contribution in [2.45, 2.75) is 6.92 Å². The molecule has 0 amide bonds. The highest BCUT2D eigenvalue weighted by molar-refractivity contribution is 9.10. The van der Waals surface area contributed by atoms with Gasteiger partial charge in [0.25, 0.3) is 0 Å². The van der Waals surface area contributed by atoms with Gasteiger partial charge in [-0.1, -0.05) is 18.2 Å². The van der Waals surface area contributed by atoms with Crippen LogP contribution in [0.5, 0.6) is 0 Å². The first-order valence-electron chi connectivity index (χ1n) is 5.05. The highest BCUT2D eigenvalue weighted by atomic mass is 79.9. The van der Waals surface area contributed by atoms with Crippen LogP contribution < -0.4 is 0 Å². The van der Waals surface area contributed by atoms with E-state index in [1.54, 1.807) is 18.5 Å². The van der Waals surface area contributed by atoms with Crippen molar-refractivity contribution in [1.29, 1.82) is 0 Å². The average Bonchev–Trinajstić information content (AvgIpc) is 2.29. The van der Waals surface area contributed by atoms with Gasteiger partial charge in [-0.15, -0.1) is 0 Å². The molecular weight excluding hydrogens is 304 g/mol. The van der Waals surface area contributed by atoms with Crippen molar-refractivity contribution in [2.24, 2.45) is 0 Å². The summed E-state index contributed by atoms with van der Waals surface area (Å²) in [6.07, 6.45) is 3.41. The molecule has 2 aromatic heterocycles. The van der Waals surface area contributed by atoms with E-state index in [0.29, 0.717) is 23.2 Å². The largest absolute Gasteiger partial charge is 0.492 e. The summed E-state index contributed by atoms with van der Waals surface area (Å²) < 4.78 is 6.25. The highest BCUT2D eigenvalue weighted by Gasteiger charge is 2.10. The number of rotatable bonds is 3. The summed E-state index contributed by atoms with van der Waals surface area (Å²) in [7, 11) is 0. The van der Waals surface area contributed by atoms with Gasteiger partial charge in [0.1, 0.15) is 16.6 Å². The fourth-order valence-electron chi connectivity index (χ4n) is 1.54. The lowest BCUT2D eigenvalue weighted by Gasteiger charge is -2.10. The zero-order chi connectivity index (χ0) is 12.4. The fraction of sp³-hybridized carbons (Fsp3) is 0.167. The van der Waals surface area contributed by atoms with E-state index >= 15 is 0 Å². The Bertz CT molecular complexity index is 586. The minimum Gasteiger partial charge on any atom is -0.492 e. The second-order valence-electron chi connectivity index (χ2n) is 3.36. The number of fused-ring (bicyclic) bond motifs is 1. The molecule has 0 saturated carbocycles. The minimum absolute atomic E-state index is 0.419. The van der Waals surface area contributed by atoms with E-state index in [1.165, 1.54) is 0 Å². The SMILES string of the molecule is C=C(OCC)c1ncc(Br)c2cnc(Cl)cc12. The number of aromatic nitrogens is 2. The maximum atomic E-state index is 5.90. The molecule has 3 nitrogen and oxygen atoms in total. The molecule has 0 aromatic carbocycles. The number of halogens is 2. The van der Waals surface area contributed by atoms with E-state index in [9.17, 15) is 0 Å². The van der Waals surface area contributed by atoms with E-state index in [-0.39, 0.29) is 0 Å². The summed E-state index contributed by atoms with van der Waals surface area (Å²) in [5.41, 5.74) is 0.689. The van der Waals surface area contributed by atoms with E-state index in [1.807, 2.05) is 6.92 Å². The van der Waals surface area contributed by atoms with Crippen molar-refractivity contribution in [1.82, 2.24) is 9.97 Å². The van der Waals surface area contributed by atoms with E-state index in [0.717, 1.165) is 15.2 Å². The van der Waals surface area contributed by atoms with Crippen LogP contribution in [-0.4, -0.2) is 16.6 Å². The van der Waals surface area contributed by atoms with Crippen molar-refractivity contribution < 1.29 is 4.74 Å². The molecule has 2 rings (SSSR count). The van der Waals surface area contributed by atoms with Crippen molar-refractivity contribution in [2.75, 3.05) is 6.61 Å². The Morgan fingerprint density at radius 2 is 2.18 bits per heavy atom. The monoisotopic (exact) mass is 312 g/mol. The van der Waals surface area contributed by atoms with Gasteiger partial charge in [-0.25, -0.2) is 4.98 Å². The first-order chi connectivity index (χ1) is 8.13. The third-order valence-electron chi connectivity index (χ3n) is 2.27. The molecule has 17 heavy (non-hydrogen) atoms. The Hall–Kier alpha value is -1.13. The Kier molecular flexibility index (Phi) is 3.64. The number of hydrogen-bond donors (Lipinski definition) is 0. The molecule has 2 heterocycles. The van der Waals surface area contributed by atoms with Gasteiger partial charge in [0.15, 0.2) is 0 Å². The standard InChI is InChI=1S/C12H10BrClN2O/c1-3-17-7(2)12-8-4-11(14)15-5-9(8)10(13)6-16-12/h4-6H,2-3H2,1H3. The zero-order valence-corrected chi connectivity index (χ0v) is 11.5. The van der Waals surface area contributed by atoms with Gasteiger partial charge >= 0.3 is 0 Å². The van der Waals surface area contributed by atoms with Crippen LogP contribution >= 0.6 is 27.5 Å². The second-order valence-corrected chi connectivity index (χ2v) is 4.61. The molecular formula is C12H10BrClN2O. The molecule has 88 valence electrons. The molecule has 5 heteroatoms. The number of nitrogens with zero attached hydrogens (tertiary/aromatic N) is 2. The van der Waals surface area contributed by atoms with Crippen LogP contribution in [0.15, 0.2) is 29.5 Å². The summed E-state index contributed by atoms with van der Waals surface area (Å²) in [6.45, 7) is 6.32. The van der Waals surface area contributed by atoms with Gasteiger partial charge in [-0.05, 0) is 28.9 Å². The number of pyridine rings is 2. The van der Waals surface area contributed by atoms with Crippen LogP contribution in [0.25, 0.3) is 16.5 Å². The summed E-state index contributed by atoms with van der Waals surface area (Å²) in [4.78, 5) is 8.36. The quantitative estimate of drug-likeness (QED) is 0.633. The molecule has 0 aliphatic rings. The third kappa shape index (κ3) is 2.42. The molecule has 0 aliphatic carbocycles. The number of hydrogen-bond acceptors (Lipinski definition) is 3. The van der Waals surface area contributed by atoms with Crippen molar-refractivity contribution >= 4 is 44.1 Å². The predicted molar refractivity (Wildman–Crippen MR) is 72.9 cm³/mol. The van der Waals surface area contributed by atoms with Gasteiger partial charge in [0, 0.05) is 27.6 Å². The Labute approximate surface area is 113 Å². The Balaban J connectivity index is 2.68. The molecule has 0 N–H and O–H groups in total. The Morgan fingerprint density at radius 3 is 2.88 bits per heavy atom. The zero-order valence-electron chi connectivity index (χ0n) is 9.20. The molecule has 0 atom stereocenters.